The fourth-order valence-electron chi connectivity index (χ4n) is 2.98. The molecule has 0 radical (unpaired) electrons. The van der Waals surface area contributed by atoms with Gasteiger partial charge >= 0.3 is 11.6 Å². The highest BCUT2D eigenvalue weighted by Gasteiger charge is 2.15. The van der Waals surface area contributed by atoms with Crippen LogP contribution < -0.4 is 10.4 Å². The van der Waals surface area contributed by atoms with Crippen LogP contribution in [0, 0.1) is 6.92 Å². The lowest BCUT2D eigenvalue weighted by atomic mass is 9.99. The normalized spacial score (nSPS) is 10.7. The predicted molar refractivity (Wildman–Crippen MR) is 102 cm³/mol. The van der Waals surface area contributed by atoms with Crippen LogP contribution >= 0.6 is 0 Å². The molecule has 27 heavy (non-hydrogen) atoms. The third-order valence-electron chi connectivity index (χ3n) is 4.31. The number of ether oxygens (including phenoxy) is 1. The van der Waals surface area contributed by atoms with Gasteiger partial charge in [-0.25, -0.2) is 9.59 Å². The molecule has 0 spiro atoms. The molecule has 0 aliphatic rings. The Hall–Kier alpha value is -3.73. The van der Waals surface area contributed by atoms with E-state index in [1.807, 2.05) is 37.3 Å². The monoisotopic (exact) mass is 357 g/mol. The Morgan fingerprint density at radius 3 is 2.59 bits per heavy atom. The molecule has 0 unspecified atom stereocenters. The van der Waals surface area contributed by atoms with E-state index in [9.17, 15) is 9.59 Å². The number of pyridine rings is 1. The van der Waals surface area contributed by atoms with E-state index >= 15 is 0 Å². The summed E-state index contributed by atoms with van der Waals surface area (Å²) in [7, 11) is 0. The van der Waals surface area contributed by atoms with Crippen LogP contribution in [-0.2, 0) is 0 Å². The van der Waals surface area contributed by atoms with Crippen molar-refractivity contribution in [2.75, 3.05) is 0 Å². The number of aryl methyl sites for hydroxylation is 1. The minimum atomic E-state index is -0.499. The standard InChI is InChI=1S/C22H15NO4/c1-14-18-12-17(26-21(24)16-8-5-11-23-13-16)9-10-19(18)27-22(25)20(14)15-6-3-2-4-7-15/h2-13H,1H3. The third-order valence-corrected chi connectivity index (χ3v) is 4.31. The Bertz CT molecular complexity index is 1180. The zero-order valence-electron chi connectivity index (χ0n) is 14.5. The number of esters is 1. The van der Waals surface area contributed by atoms with E-state index in [1.165, 1.54) is 6.20 Å². The Kier molecular flexibility index (Phi) is 4.26. The second-order valence-electron chi connectivity index (χ2n) is 6.04. The molecule has 2 aromatic carbocycles. The highest BCUT2D eigenvalue weighted by molar-refractivity contribution is 5.92. The Labute approximate surface area is 154 Å². The van der Waals surface area contributed by atoms with Crippen molar-refractivity contribution in [1.82, 2.24) is 4.98 Å². The number of benzene rings is 2. The van der Waals surface area contributed by atoms with E-state index in [0.29, 0.717) is 27.8 Å². The van der Waals surface area contributed by atoms with Gasteiger partial charge < -0.3 is 9.15 Å². The lowest BCUT2D eigenvalue weighted by Gasteiger charge is -2.10. The summed E-state index contributed by atoms with van der Waals surface area (Å²) in [4.78, 5) is 28.6. The van der Waals surface area contributed by atoms with E-state index in [2.05, 4.69) is 4.98 Å². The zero-order chi connectivity index (χ0) is 18.8. The van der Waals surface area contributed by atoms with Crippen molar-refractivity contribution in [3.05, 3.63) is 94.6 Å². The van der Waals surface area contributed by atoms with Gasteiger partial charge in [0.1, 0.15) is 11.3 Å². The first kappa shape index (κ1) is 16.7. The highest BCUT2D eigenvalue weighted by Crippen LogP contribution is 2.29. The van der Waals surface area contributed by atoms with E-state index in [-0.39, 0.29) is 0 Å². The summed E-state index contributed by atoms with van der Waals surface area (Å²) in [5, 5.41) is 0.713. The second kappa shape index (κ2) is 6.88. The van der Waals surface area contributed by atoms with Crippen LogP contribution in [0.25, 0.3) is 22.1 Å². The molecular weight excluding hydrogens is 342 g/mol. The minimum Gasteiger partial charge on any atom is -0.423 e. The van der Waals surface area contributed by atoms with Gasteiger partial charge in [-0.2, -0.15) is 0 Å². The van der Waals surface area contributed by atoms with E-state index in [0.717, 1.165) is 11.1 Å². The van der Waals surface area contributed by atoms with Gasteiger partial charge in [0.15, 0.2) is 0 Å². The van der Waals surface area contributed by atoms with Crippen LogP contribution in [0.2, 0.25) is 0 Å². The highest BCUT2D eigenvalue weighted by atomic mass is 16.5. The predicted octanol–water partition coefficient (Wildman–Crippen LogP) is 4.38. The minimum absolute atomic E-state index is 0.360. The maximum absolute atomic E-state index is 12.4. The third kappa shape index (κ3) is 3.22. The molecule has 0 bridgehead atoms. The van der Waals surface area contributed by atoms with Gasteiger partial charge in [-0.15, -0.1) is 0 Å². The zero-order valence-corrected chi connectivity index (χ0v) is 14.5. The number of carbonyl (C=O) groups excluding carboxylic acids is 1. The van der Waals surface area contributed by atoms with Gasteiger partial charge in [-0.05, 0) is 48.4 Å². The van der Waals surface area contributed by atoms with Gasteiger partial charge in [0.25, 0.3) is 0 Å². The van der Waals surface area contributed by atoms with Gasteiger partial charge in [0.05, 0.1) is 11.1 Å². The summed E-state index contributed by atoms with van der Waals surface area (Å²) in [5.41, 5.74) is 2.46. The average molecular weight is 357 g/mol. The molecule has 5 nitrogen and oxygen atoms in total. The number of hydrogen-bond donors (Lipinski definition) is 0. The SMILES string of the molecule is Cc1c(-c2ccccc2)c(=O)oc2ccc(OC(=O)c3cccnc3)cc12. The van der Waals surface area contributed by atoms with Crippen LogP contribution in [0.15, 0.2) is 82.3 Å². The Morgan fingerprint density at radius 1 is 1.04 bits per heavy atom. The number of rotatable bonds is 3. The molecule has 0 saturated heterocycles. The summed E-state index contributed by atoms with van der Waals surface area (Å²) in [6.07, 6.45) is 3.03. The molecule has 0 N–H and O–H groups in total. The topological polar surface area (TPSA) is 69.4 Å². The van der Waals surface area contributed by atoms with Gasteiger partial charge in [0, 0.05) is 17.8 Å². The first-order chi connectivity index (χ1) is 13.1. The number of fused-ring (bicyclic) bond motifs is 1. The van der Waals surface area contributed by atoms with Crippen molar-refractivity contribution >= 4 is 16.9 Å². The first-order valence-electron chi connectivity index (χ1n) is 8.38. The molecule has 0 amide bonds. The molecule has 132 valence electrons. The van der Waals surface area contributed by atoms with Crippen molar-refractivity contribution in [2.45, 2.75) is 6.92 Å². The fraction of sp³-hybridized carbons (Fsp3) is 0.0455. The van der Waals surface area contributed by atoms with E-state index in [4.69, 9.17) is 9.15 Å². The number of nitrogens with zero attached hydrogens (tertiary/aromatic N) is 1. The second-order valence-corrected chi connectivity index (χ2v) is 6.04. The number of aromatic nitrogens is 1. The van der Waals surface area contributed by atoms with Crippen LogP contribution in [0.4, 0.5) is 0 Å². The summed E-state index contributed by atoms with van der Waals surface area (Å²) < 4.78 is 10.9. The van der Waals surface area contributed by atoms with Crippen molar-refractivity contribution in [3.8, 4) is 16.9 Å². The molecule has 0 aliphatic heterocycles. The van der Waals surface area contributed by atoms with Crippen LogP contribution in [0.3, 0.4) is 0 Å². The van der Waals surface area contributed by atoms with Gasteiger partial charge in [-0.1, -0.05) is 30.3 Å². The van der Waals surface area contributed by atoms with Crippen molar-refractivity contribution in [2.24, 2.45) is 0 Å². The molecule has 0 aliphatic carbocycles. The van der Waals surface area contributed by atoms with Crippen molar-refractivity contribution in [3.63, 3.8) is 0 Å². The molecule has 0 fully saturated rings. The lowest BCUT2D eigenvalue weighted by Crippen LogP contribution is -2.09. The maximum Gasteiger partial charge on any atom is 0.345 e. The average Bonchev–Trinajstić information content (AvgIpc) is 2.70. The Balaban J connectivity index is 1.78. The van der Waals surface area contributed by atoms with E-state index in [1.54, 1.807) is 36.5 Å². The summed E-state index contributed by atoms with van der Waals surface area (Å²) in [6.45, 7) is 1.86. The number of hydrogen-bond acceptors (Lipinski definition) is 5. The quantitative estimate of drug-likeness (QED) is 0.309. The maximum atomic E-state index is 12.4. The molecule has 4 aromatic rings. The summed E-state index contributed by atoms with van der Waals surface area (Å²) in [6, 6.07) is 17.6. The molecule has 5 heteroatoms. The molecule has 2 aromatic heterocycles. The summed E-state index contributed by atoms with van der Waals surface area (Å²) in [5.74, 6) is -0.131. The molecule has 0 atom stereocenters. The Morgan fingerprint density at radius 2 is 1.85 bits per heavy atom. The van der Waals surface area contributed by atoms with Crippen LogP contribution in [-0.4, -0.2) is 11.0 Å². The van der Waals surface area contributed by atoms with Crippen LogP contribution in [0.5, 0.6) is 5.75 Å². The molecular formula is C22H15NO4. The van der Waals surface area contributed by atoms with Crippen molar-refractivity contribution < 1.29 is 13.9 Å². The van der Waals surface area contributed by atoms with Gasteiger partial charge in [0.2, 0.25) is 0 Å². The fourth-order valence-corrected chi connectivity index (χ4v) is 2.98. The molecule has 0 saturated carbocycles. The lowest BCUT2D eigenvalue weighted by molar-refractivity contribution is 0.0734. The molecule has 2 heterocycles. The largest absolute Gasteiger partial charge is 0.423 e. The van der Waals surface area contributed by atoms with Crippen molar-refractivity contribution in [1.29, 1.82) is 0 Å². The summed E-state index contributed by atoms with van der Waals surface area (Å²) >= 11 is 0. The van der Waals surface area contributed by atoms with Gasteiger partial charge in [-0.3, -0.25) is 4.98 Å². The smallest absolute Gasteiger partial charge is 0.345 e. The van der Waals surface area contributed by atoms with Crippen LogP contribution in [0.1, 0.15) is 15.9 Å². The number of carbonyl (C=O) groups is 1. The molecule has 4 rings (SSSR count). The van der Waals surface area contributed by atoms with E-state index < -0.39 is 11.6 Å². The first-order valence-corrected chi connectivity index (χ1v) is 8.38.